The van der Waals surface area contributed by atoms with Crippen molar-refractivity contribution in [1.29, 1.82) is 0 Å². The van der Waals surface area contributed by atoms with Gasteiger partial charge in [0.05, 0.1) is 12.7 Å². The number of hydrogen-bond acceptors (Lipinski definition) is 3. The molecule has 4 aromatic carbocycles. The Morgan fingerprint density at radius 2 is 1.06 bits per heavy atom. The summed E-state index contributed by atoms with van der Waals surface area (Å²) in [4.78, 5) is 2.25. The van der Waals surface area contributed by atoms with Crippen molar-refractivity contribution in [1.82, 2.24) is 4.90 Å². The molecule has 0 bridgehead atoms. The van der Waals surface area contributed by atoms with Crippen LogP contribution in [0.4, 0.5) is 0 Å². The summed E-state index contributed by atoms with van der Waals surface area (Å²) in [7, 11) is 0. The van der Waals surface area contributed by atoms with Crippen LogP contribution in [0.15, 0.2) is 109 Å². The number of aliphatic hydroxyl groups is 1. The molecule has 0 aliphatic carbocycles. The summed E-state index contributed by atoms with van der Waals surface area (Å²) >= 11 is 12.2. The molecule has 0 heterocycles. The molecular weight excluding hydrogens is 513 g/mol. The molecule has 0 aliphatic rings. The minimum Gasteiger partial charge on any atom is -0.389 e. The van der Waals surface area contributed by atoms with Crippen molar-refractivity contribution in [2.45, 2.75) is 25.3 Å². The molecule has 3 nitrogen and oxygen atoms in total. The summed E-state index contributed by atoms with van der Waals surface area (Å²) in [6, 6.07) is 35.8. The van der Waals surface area contributed by atoms with Crippen LogP contribution in [-0.4, -0.2) is 29.3 Å². The van der Waals surface area contributed by atoms with Crippen LogP contribution in [0.5, 0.6) is 0 Å². The van der Waals surface area contributed by atoms with Crippen molar-refractivity contribution in [3.05, 3.63) is 141 Å². The van der Waals surface area contributed by atoms with Gasteiger partial charge in [0, 0.05) is 29.7 Å². The number of halogens is 3. The van der Waals surface area contributed by atoms with Gasteiger partial charge in [-0.1, -0.05) is 108 Å². The molecule has 4 aromatic rings. The van der Waals surface area contributed by atoms with E-state index >= 15 is 0 Å². The summed E-state index contributed by atoms with van der Waals surface area (Å²) in [6.07, 6.45) is -1.000. The highest BCUT2D eigenvalue weighted by Crippen LogP contribution is 2.28. The van der Waals surface area contributed by atoms with Crippen LogP contribution < -0.4 is 0 Å². The zero-order valence-electron chi connectivity index (χ0n) is 19.8. The molecule has 0 aliphatic heterocycles. The van der Waals surface area contributed by atoms with Crippen molar-refractivity contribution in [2.75, 3.05) is 13.2 Å². The molecule has 36 heavy (non-hydrogen) atoms. The number of benzene rings is 4. The average Bonchev–Trinajstić information content (AvgIpc) is 2.87. The predicted molar refractivity (Wildman–Crippen MR) is 151 cm³/mol. The Hall–Kier alpha value is -2.37. The first-order valence-corrected chi connectivity index (χ1v) is 12.4. The molecule has 1 atom stereocenters. The van der Waals surface area contributed by atoms with Gasteiger partial charge in [-0.3, -0.25) is 4.90 Å². The van der Waals surface area contributed by atoms with E-state index in [1.807, 2.05) is 84.9 Å². The minimum absolute atomic E-state index is 0. The lowest BCUT2D eigenvalue weighted by molar-refractivity contribution is -0.0106. The van der Waals surface area contributed by atoms with Gasteiger partial charge >= 0.3 is 0 Å². The SMILES string of the molecule is Cl.OC(COC(c1ccc(Cl)cc1)c1ccc(Cl)cc1)CN(Cc1ccccc1)Cc1ccccc1. The molecule has 1 N–H and O–H groups in total. The number of nitrogens with zero attached hydrogens (tertiary/aromatic N) is 1. The molecule has 0 amide bonds. The molecule has 0 radical (unpaired) electrons. The third-order valence-electron chi connectivity index (χ3n) is 5.77. The van der Waals surface area contributed by atoms with Crippen molar-refractivity contribution in [3.8, 4) is 0 Å². The van der Waals surface area contributed by atoms with Crippen LogP contribution in [0.1, 0.15) is 28.4 Å². The molecule has 0 aromatic heterocycles. The highest BCUT2D eigenvalue weighted by molar-refractivity contribution is 6.30. The zero-order valence-corrected chi connectivity index (χ0v) is 22.2. The largest absolute Gasteiger partial charge is 0.389 e. The van der Waals surface area contributed by atoms with Gasteiger partial charge in [0.25, 0.3) is 0 Å². The van der Waals surface area contributed by atoms with E-state index in [1.54, 1.807) is 0 Å². The molecule has 0 saturated carbocycles. The molecule has 188 valence electrons. The number of hydrogen-bond donors (Lipinski definition) is 1. The second-order valence-electron chi connectivity index (χ2n) is 8.61. The van der Waals surface area contributed by atoms with E-state index in [-0.39, 0.29) is 25.1 Å². The molecular formula is C30H30Cl3NO2. The molecule has 4 rings (SSSR count). The number of aliphatic hydroxyl groups excluding tert-OH is 1. The summed E-state index contributed by atoms with van der Waals surface area (Å²) in [5, 5.41) is 12.3. The van der Waals surface area contributed by atoms with Gasteiger partial charge in [-0.15, -0.1) is 12.4 Å². The molecule has 0 saturated heterocycles. The van der Waals surface area contributed by atoms with E-state index in [0.29, 0.717) is 16.6 Å². The van der Waals surface area contributed by atoms with E-state index in [2.05, 4.69) is 29.2 Å². The maximum atomic E-state index is 11.0. The van der Waals surface area contributed by atoms with Gasteiger partial charge in [0.2, 0.25) is 0 Å². The van der Waals surface area contributed by atoms with Crippen LogP contribution in [0.2, 0.25) is 10.0 Å². The Kier molecular flexibility index (Phi) is 11.3. The fourth-order valence-corrected chi connectivity index (χ4v) is 4.34. The summed E-state index contributed by atoms with van der Waals surface area (Å²) in [5.41, 5.74) is 4.34. The van der Waals surface area contributed by atoms with Gasteiger partial charge in [-0.25, -0.2) is 0 Å². The van der Waals surface area contributed by atoms with Gasteiger partial charge in [-0.05, 0) is 46.5 Å². The van der Waals surface area contributed by atoms with E-state index < -0.39 is 6.10 Å². The van der Waals surface area contributed by atoms with E-state index in [4.69, 9.17) is 27.9 Å². The lowest BCUT2D eigenvalue weighted by Gasteiger charge is -2.27. The minimum atomic E-state index is -0.662. The first kappa shape index (κ1) is 28.2. The van der Waals surface area contributed by atoms with Crippen molar-refractivity contribution >= 4 is 35.6 Å². The van der Waals surface area contributed by atoms with Gasteiger partial charge in [0.15, 0.2) is 0 Å². The zero-order chi connectivity index (χ0) is 24.5. The quantitative estimate of drug-likeness (QED) is 0.212. The third kappa shape index (κ3) is 8.63. The first-order chi connectivity index (χ1) is 17.1. The first-order valence-electron chi connectivity index (χ1n) is 11.7. The second-order valence-corrected chi connectivity index (χ2v) is 9.48. The Morgan fingerprint density at radius 3 is 1.47 bits per heavy atom. The van der Waals surface area contributed by atoms with Crippen LogP contribution in [0, 0.1) is 0 Å². The highest BCUT2D eigenvalue weighted by Gasteiger charge is 2.19. The summed E-state index contributed by atoms with van der Waals surface area (Å²) in [5.74, 6) is 0. The maximum Gasteiger partial charge on any atom is 0.108 e. The lowest BCUT2D eigenvalue weighted by atomic mass is 10.0. The van der Waals surface area contributed by atoms with Crippen molar-refractivity contribution in [2.24, 2.45) is 0 Å². The van der Waals surface area contributed by atoms with Crippen LogP contribution in [0.25, 0.3) is 0 Å². The topological polar surface area (TPSA) is 32.7 Å². The number of ether oxygens (including phenoxy) is 1. The van der Waals surface area contributed by atoms with E-state index in [0.717, 1.165) is 24.2 Å². The molecule has 0 fully saturated rings. The number of rotatable bonds is 11. The van der Waals surface area contributed by atoms with Crippen molar-refractivity contribution in [3.63, 3.8) is 0 Å². The average molecular weight is 543 g/mol. The smallest absolute Gasteiger partial charge is 0.108 e. The fourth-order valence-electron chi connectivity index (χ4n) is 4.09. The Morgan fingerprint density at radius 1 is 0.639 bits per heavy atom. The summed E-state index contributed by atoms with van der Waals surface area (Å²) < 4.78 is 6.29. The Labute approximate surface area is 229 Å². The maximum absolute atomic E-state index is 11.0. The van der Waals surface area contributed by atoms with Gasteiger partial charge < -0.3 is 9.84 Å². The monoisotopic (exact) mass is 541 g/mol. The second kappa shape index (κ2) is 14.4. The van der Waals surface area contributed by atoms with Crippen LogP contribution in [0.3, 0.4) is 0 Å². The fraction of sp³-hybridized carbons (Fsp3) is 0.200. The van der Waals surface area contributed by atoms with Gasteiger partial charge in [0.1, 0.15) is 6.10 Å². The third-order valence-corrected chi connectivity index (χ3v) is 6.27. The molecule has 6 heteroatoms. The lowest BCUT2D eigenvalue weighted by Crippen LogP contribution is -2.34. The molecule has 0 spiro atoms. The molecule has 1 unspecified atom stereocenters. The standard InChI is InChI=1S/C30H29Cl2NO2.ClH/c31-27-15-11-25(12-16-27)30(26-13-17-28(32)18-14-26)35-22-29(34)21-33(19-23-7-3-1-4-8-23)20-24-9-5-2-6-10-24;/h1-18,29-30,34H,19-22H2;1H. The Bertz CT molecular complexity index is 1070. The van der Waals surface area contributed by atoms with E-state index in [1.165, 1.54) is 11.1 Å². The van der Waals surface area contributed by atoms with Crippen molar-refractivity contribution < 1.29 is 9.84 Å². The Balaban J connectivity index is 0.00000361. The van der Waals surface area contributed by atoms with E-state index in [9.17, 15) is 5.11 Å². The van der Waals surface area contributed by atoms with Crippen LogP contribution in [-0.2, 0) is 17.8 Å². The normalized spacial score (nSPS) is 11.9. The predicted octanol–water partition coefficient (Wildman–Crippen LogP) is 7.58. The van der Waals surface area contributed by atoms with Crippen LogP contribution >= 0.6 is 35.6 Å². The highest BCUT2D eigenvalue weighted by atomic mass is 35.5. The summed E-state index contributed by atoms with van der Waals surface area (Å²) in [6.45, 7) is 2.16. The van der Waals surface area contributed by atoms with Gasteiger partial charge in [-0.2, -0.15) is 0 Å².